The molecular weight excluding hydrogens is 434 g/mol. The Morgan fingerprint density at radius 3 is 2.79 bits per heavy atom. The molecule has 170 valence electrons. The van der Waals surface area contributed by atoms with Crippen LogP contribution in [0.3, 0.4) is 0 Å². The third-order valence-electron chi connectivity index (χ3n) is 5.81. The van der Waals surface area contributed by atoms with E-state index in [1.807, 2.05) is 38.2 Å². The van der Waals surface area contributed by atoms with Crippen molar-refractivity contribution < 1.29 is 14.6 Å². The van der Waals surface area contributed by atoms with E-state index in [9.17, 15) is 10.1 Å². The van der Waals surface area contributed by atoms with Crippen molar-refractivity contribution in [3.05, 3.63) is 59.3 Å². The fraction of sp³-hybridized carbons (Fsp3) is 0.346. The molecule has 1 saturated heterocycles. The number of ether oxygens (including phenoxy) is 1. The summed E-state index contributed by atoms with van der Waals surface area (Å²) in [6.45, 7) is 7.99. The minimum Gasteiger partial charge on any atom is -0.490 e. The summed E-state index contributed by atoms with van der Waals surface area (Å²) in [5.74, 6) is -0.376. The summed E-state index contributed by atoms with van der Waals surface area (Å²) in [4.78, 5) is 19.0. The zero-order valence-electron chi connectivity index (χ0n) is 19.0. The largest absolute Gasteiger partial charge is 0.490 e. The van der Waals surface area contributed by atoms with Crippen molar-refractivity contribution in [2.75, 3.05) is 13.1 Å². The number of aliphatic carboxylic acids is 1. The molecule has 1 aliphatic heterocycles. The minimum atomic E-state index is -0.712. The second-order valence-corrected chi connectivity index (χ2v) is 9.58. The normalized spacial score (nSPS) is 14.2. The van der Waals surface area contributed by atoms with Crippen molar-refractivity contribution in [3.8, 4) is 32.8 Å². The monoisotopic (exact) mass is 461 g/mol. The van der Waals surface area contributed by atoms with E-state index in [2.05, 4.69) is 41.1 Å². The molecule has 0 unspecified atom stereocenters. The number of hydrogen-bond donors (Lipinski definition) is 1. The number of nitrogens with zero attached hydrogens (tertiary/aromatic N) is 3. The highest BCUT2D eigenvalue weighted by Gasteiger charge is 2.32. The van der Waals surface area contributed by atoms with Crippen LogP contribution < -0.4 is 4.74 Å². The predicted molar refractivity (Wildman–Crippen MR) is 129 cm³/mol. The number of likely N-dealkylation sites (tertiary alicyclic amines) is 1. The molecule has 33 heavy (non-hydrogen) atoms. The van der Waals surface area contributed by atoms with E-state index in [-0.39, 0.29) is 12.0 Å². The highest BCUT2D eigenvalue weighted by Crippen LogP contribution is 2.37. The highest BCUT2D eigenvalue weighted by atomic mass is 32.1. The van der Waals surface area contributed by atoms with Gasteiger partial charge in [0.15, 0.2) is 0 Å². The summed E-state index contributed by atoms with van der Waals surface area (Å²) in [6, 6.07) is 14.2. The molecule has 7 heteroatoms. The summed E-state index contributed by atoms with van der Waals surface area (Å²) in [6.07, 6.45) is 2.78. The first-order valence-corrected chi connectivity index (χ1v) is 11.9. The number of benzene rings is 2. The number of carbonyl (C=O) groups is 1. The third-order valence-corrected chi connectivity index (χ3v) is 6.89. The lowest BCUT2D eigenvalue weighted by molar-refractivity contribution is -0.147. The molecular formula is C26H27N3O3S. The Hall–Kier alpha value is -3.21. The number of rotatable bonds is 8. The zero-order chi connectivity index (χ0) is 23.5. The molecule has 0 amide bonds. The Bertz CT molecular complexity index is 1210. The average Bonchev–Trinajstić information content (AvgIpc) is 3.25. The molecule has 0 bridgehead atoms. The second kappa shape index (κ2) is 9.74. The van der Waals surface area contributed by atoms with Gasteiger partial charge in [0.1, 0.15) is 16.8 Å². The Balaban J connectivity index is 1.59. The third kappa shape index (κ3) is 4.92. The van der Waals surface area contributed by atoms with Crippen LogP contribution in [0, 0.1) is 17.2 Å². The number of hydrogen-bond acceptors (Lipinski definition) is 6. The molecule has 1 N–H and O–H groups in total. The van der Waals surface area contributed by atoms with E-state index >= 15 is 0 Å². The summed E-state index contributed by atoms with van der Waals surface area (Å²) >= 11 is 1.61. The van der Waals surface area contributed by atoms with Crippen LogP contribution in [0.1, 0.15) is 37.5 Å². The molecule has 4 rings (SSSR count). The molecule has 2 heterocycles. The van der Waals surface area contributed by atoms with Crippen LogP contribution in [0.15, 0.2) is 42.6 Å². The van der Waals surface area contributed by atoms with Gasteiger partial charge < -0.3 is 9.84 Å². The minimum absolute atomic E-state index is 0.000400. The van der Waals surface area contributed by atoms with Gasteiger partial charge in [0.25, 0.3) is 0 Å². The van der Waals surface area contributed by atoms with E-state index in [1.165, 1.54) is 11.1 Å². The van der Waals surface area contributed by atoms with Crippen molar-refractivity contribution in [2.24, 2.45) is 5.92 Å². The van der Waals surface area contributed by atoms with E-state index in [4.69, 9.17) is 9.84 Å². The zero-order valence-corrected chi connectivity index (χ0v) is 19.9. The number of carboxylic acids is 1. The van der Waals surface area contributed by atoms with Crippen LogP contribution >= 0.6 is 11.3 Å². The first-order chi connectivity index (χ1) is 15.9. The van der Waals surface area contributed by atoms with E-state index in [0.29, 0.717) is 24.4 Å². The van der Waals surface area contributed by atoms with Gasteiger partial charge in [0, 0.05) is 31.4 Å². The van der Waals surface area contributed by atoms with Crippen molar-refractivity contribution >= 4 is 17.3 Å². The van der Waals surface area contributed by atoms with Crippen molar-refractivity contribution in [1.29, 1.82) is 5.26 Å². The quantitative estimate of drug-likeness (QED) is 0.495. The molecule has 1 aliphatic rings. The standard InChI is InChI=1S/C26H27N3O3S/c1-4-21-18(13-29-14-20(15-29)26(30)31)6-5-7-22(21)24-12-28-25(33-24)17-8-9-23(32-16(2)3)19(10-17)11-27/h5-10,12,16,20H,4,13-15H2,1-3H3,(H,30,31). The van der Waals surface area contributed by atoms with Gasteiger partial charge in [-0.2, -0.15) is 5.26 Å². The molecule has 2 aromatic carbocycles. The lowest BCUT2D eigenvalue weighted by Gasteiger charge is -2.37. The van der Waals surface area contributed by atoms with E-state index in [0.717, 1.165) is 34.0 Å². The van der Waals surface area contributed by atoms with Gasteiger partial charge in [0.2, 0.25) is 0 Å². The van der Waals surface area contributed by atoms with Crippen molar-refractivity contribution in [1.82, 2.24) is 9.88 Å². The summed E-state index contributed by atoms with van der Waals surface area (Å²) in [7, 11) is 0. The fourth-order valence-electron chi connectivity index (χ4n) is 4.17. The molecule has 0 aliphatic carbocycles. The number of nitriles is 1. The van der Waals surface area contributed by atoms with Gasteiger partial charge >= 0.3 is 5.97 Å². The Morgan fingerprint density at radius 2 is 2.12 bits per heavy atom. The maximum atomic E-state index is 11.1. The number of thiazole rings is 1. The van der Waals surface area contributed by atoms with Crippen molar-refractivity contribution in [2.45, 2.75) is 39.8 Å². The lowest BCUT2D eigenvalue weighted by Crippen LogP contribution is -2.49. The molecule has 0 saturated carbocycles. The SMILES string of the molecule is CCc1c(CN2CC(C(=O)O)C2)cccc1-c1cnc(-c2ccc(OC(C)C)c(C#N)c2)s1. The van der Waals surface area contributed by atoms with Gasteiger partial charge in [-0.15, -0.1) is 11.3 Å². The second-order valence-electron chi connectivity index (χ2n) is 8.55. The van der Waals surface area contributed by atoms with Gasteiger partial charge in [-0.25, -0.2) is 4.98 Å². The van der Waals surface area contributed by atoms with Gasteiger partial charge in [-0.1, -0.05) is 25.1 Å². The van der Waals surface area contributed by atoms with E-state index in [1.54, 1.807) is 11.3 Å². The molecule has 1 fully saturated rings. The van der Waals surface area contributed by atoms with Crippen LogP contribution in [-0.4, -0.2) is 40.2 Å². The number of carboxylic acid groups (broad SMARTS) is 1. The Morgan fingerprint density at radius 1 is 1.33 bits per heavy atom. The Labute approximate surface area is 198 Å². The predicted octanol–water partition coefficient (Wildman–Crippen LogP) is 5.21. The average molecular weight is 462 g/mol. The van der Waals surface area contributed by atoms with Gasteiger partial charge in [-0.05, 0) is 55.2 Å². The highest BCUT2D eigenvalue weighted by molar-refractivity contribution is 7.18. The van der Waals surface area contributed by atoms with Crippen LogP contribution in [0.5, 0.6) is 5.75 Å². The maximum absolute atomic E-state index is 11.1. The summed E-state index contributed by atoms with van der Waals surface area (Å²) < 4.78 is 5.73. The molecule has 1 aromatic heterocycles. The van der Waals surface area contributed by atoms with Crippen molar-refractivity contribution in [3.63, 3.8) is 0 Å². The molecule has 0 radical (unpaired) electrons. The lowest BCUT2D eigenvalue weighted by atomic mass is 9.94. The van der Waals surface area contributed by atoms with Crippen LogP contribution in [0.2, 0.25) is 0 Å². The maximum Gasteiger partial charge on any atom is 0.309 e. The molecule has 0 spiro atoms. The Kier molecular flexibility index (Phi) is 6.77. The fourth-order valence-corrected chi connectivity index (χ4v) is 5.13. The first kappa shape index (κ1) is 23.0. The topological polar surface area (TPSA) is 86.5 Å². The van der Waals surface area contributed by atoms with Gasteiger partial charge in [0.05, 0.1) is 22.5 Å². The molecule has 3 aromatic rings. The van der Waals surface area contributed by atoms with Crippen LogP contribution in [0.4, 0.5) is 0 Å². The first-order valence-electron chi connectivity index (χ1n) is 11.1. The van der Waals surface area contributed by atoms with Crippen LogP contribution in [-0.2, 0) is 17.8 Å². The van der Waals surface area contributed by atoms with Gasteiger partial charge in [-0.3, -0.25) is 9.69 Å². The van der Waals surface area contributed by atoms with E-state index < -0.39 is 5.97 Å². The molecule has 6 nitrogen and oxygen atoms in total. The number of aromatic nitrogens is 1. The van der Waals surface area contributed by atoms with Crippen LogP contribution in [0.25, 0.3) is 21.0 Å². The smallest absolute Gasteiger partial charge is 0.309 e. The summed E-state index contributed by atoms with van der Waals surface area (Å²) in [5.41, 5.74) is 5.06. The summed E-state index contributed by atoms with van der Waals surface area (Å²) in [5, 5.41) is 19.5. The molecule has 0 atom stereocenters.